The first-order valence-corrected chi connectivity index (χ1v) is 10.8. The van der Waals surface area contributed by atoms with Crippen molar-refractivity contribution in [3.8, 4) is 39.5 Å². The highest BCUT2D eigenvalue weighted by Crippen LogP contribution is 2.44. The molecule has 0 heterocycles. The van der Waals surface area contributed by atoms with Crippen LogP contribution in [-0.4, -0.2) is 15.3 Å². The first kappa shape index (κ1) is 19.2. The molecule has 0 atom stereocenters. The summed E-state index contributed by atoms with van der Waals surface area (Å²) in [5.41, 5.74) is 3.80. The lowest BCUT2D eigenvalue weighted by atomic mass is 9.88. The average Bonchev–Trinajstić information content (AvgIpc) is 2.83. The Kier molecular flexibility index (Phi) is 4.24. The second-order valence-corrected chi connectivity index (χ2v) is 8.25. The van der Waals surface area contributed by atoms with Crippen molar-refractivity contribution in [1.82, 2.24) is 0 Å². The third-order valence-electron chi connectivity index (χ3n) is 6.36. The van der Waals surface area contributed by atoms with E-state index < -0.39 is 0 Å². The molecule has 0 aliphatic heterocycles. The van der Waals surface area contributed by atoms with Gasteiger partial charge in [0.25, 0.3) is 0 Å². The molecule has 3 nitrogen and oxygen atoms in total. The second kappa shape index (κ2) is 7.28. The molecular formula is C30H20O3. The van der Waals surface area contributed by atoms with E-state index in [-0.39, 0.29) is 17.2 Å². The van der Waals surface area contributed by atoms with E-state index in [9.17, 15) is 15.3 Å². The lowest BCUT2D eigenvalue weighted by molar-refractivity contribution is 0.476. The van der Waals surface area contributed by atoms with E-state index in [1.165, 1.54) is 0 Å². The van der Waals surface area contributed by atoms with Gasteiger partial charge in [0.2, 0.25) is 0 Å². The van der Waals surface area contributed by atoms with Gasteiger partial charge in [-0.05, 0) is 68.1 Å². The summed E-state index contributed by atoms with van der Waals surface area (Å²) in [6.07, 6.45) is 0. The number of aromatic hydroxyl groups is 3. The molecular weight excluding hydrogens is 408 g/mol. The molecule has 6 rings (SSSR count). The highest BCUT2D eigenvalue weighted by atomic mass is 16.3. The van der Waals surface area contributed by atoms with Crippen LogP contribution < -0.4 is 0 Å². The fourth-order valence-electron chi connectivity index (χ4n) is 4.87. The summed E-state index contributed by atoms with van der Waals surface area (Å²) in [6.45, 7) is 0. The van der Waals surface area contributed by atoms with Gasteiger partial charge >= 0.3 is 0 Å². The van der Waals surface area contributed by atoms with Gasteiger partial charge in [-0.25, -0.2) is 0 Å². The van der Waals surface area contributed by atoms with Gasteiger partial charge in [-0.1, -0.05) is 78.9 Å². The molecule has 3 N–H and O–H groups in total. The van der Waals surface area contributed by atoms with E-state index in [2.05, 4.69) is 6.07 Å². The molecule has 0 saturated heterocycles. The highest BCUT2D eigenvalue weighted by Gasteiger charge is 2.16. The van der Waals surface area contributed by atoms with Crippen LogP contribution in [0.4, 0.5) is 0 Å². The van der Waals surface area contributed by atoms with Crippen LogP contribution in [-0.2, 0) is 0 Å². The molecule has 0 unspecified atom stereocenters. The molecule has 0 bridgehead atoms. The third kappa shape index (κ3) is 2.98. The second-order valence-electron chi connectivity index (χ2n) is 8.25. The van der Waals surface area contributed by atoms with Crippen LogP contribution in [0, 0.1) is 0 Å². The quantitative estimate of drug-likeness (QED) is 0.266. The van der Waals surface area contributed by atoms with Crippen molar-refractivity contribution in [2.24, 2.45) is 0 Å². The van der Waals surface area contributed by atoms with Crippen LogP contribution in [0.15, 0.2) is 103 Å². The van der Waals surface area contributed by atoms with Crippen LogP contribution in [0.1, 0.15) is 0 Å². The maximum absolute atomic E-state index is 11.0. The topological polar surface area (TPSA) is 60.7 Å². The van der Waals surface area contributed by atoms with Gasteiger partial charge in [-0.15, -0.1) is 0 Å². The predicted octanol–water partition coefficient (Wildman–Crippen LogP) is 7.60. The van der Waals surface area contributed by atoms with E-state index in [0.717, 1.165) is 54.6 Å². The van der Waals surface area contributed by atoms with Gasteiger partial charge in [0, 0.05) is 10.8 Å². The average molecular weight is 428 g/mol. The van der Waals surface area contributed by atoms with E-state index in [1.807, 2.05) is 72.8 Å². The van der Waals surface area contributed by atoms with Crippen molar-refractivity contribution in [3.05, 3.63) is 103 Å². The number of phenolic OH excluding ortho intramolecular Hbond substituents is 3. The summed E-state index contributed by atoms with van der Waals surface area (Å²) in [5, 5.41) is 36.8. The number of fused-ring (bicyclic) bond motifs is 3. The zero-order chi connectivity index (χ0) is 22.5. The number of phenols is 3. The van der Waals surface area contributed by atoms with Crippen molar-refractivity contribution < 1.29 is 15.3 Å². The zero-order valence-corrected chi connectivity index (χ0v) is 17.7. The van der Waals surface area contributed by atoms with E-state index in [0.29, 0.717) is 0 Å². The molecule has 0 spiro atoms. The molecule has 6 aromatic carbocycles. The maximum Gasteiger partial charge on any atom is 0.124 e. The Balaban J connectivity index is 1.70. The van der Waals surface area contributed by atoms with Crippen molar-refractivity contribution in [2.75, 3.05) is 0 Å². The summed E-state index contributed by atoms with van der Waals surface area (Å²) in [6, 6.07) is 32.4. The van der Waals surface area contributed by atoms with Crippen LogP contribution in [0.5, 0.6) is 17.2 Å². The Morgan fingerprint density at radius 3 is 1.85 bits per heavy atom. The summed E-state index contributed by atoms with van der Waals surface area (Å²) in [4.78, 5) is 0. The van der Waals surface area contributed by atoms with E-state index >= 15 is 0 Å². The van der Waals surface area contributed by atoms with Gasteiger partial charge < -0.3 is 15.3 Å². The van der Waals surface area contributed by atoms with Gasteiger partial charge in [0.15, 0.2) is 0 Å². The molecule has 6 aromatic rings. The molecule has 33 heavy (non-hydrogen) atoms. The Bertz CT molecular complexity index is 1700. The summed E-state index contributed by atoms with van der Waals surface area (Å²) in [5.74, 6) is 0.647. The van der Waals surface area contributed by atoms with Gasteiger partial charge in [0.1, 0.15) is 17.2 Å². The lowest BCUT2D eigenvalue weighted by Gasteiger charge is -2.16. The minimum absolute atomic E-state index is 0.199. The minimum atomic E-state index is 0.199. The van der Waals surface area contributed by atoms with Gasteiger partial charge in [-0.3, -0.25) is 0 Å². The Hall–Kier alpha value is -4.50. The molecule has 0 fully saturated rings. The number of hydrogen-bond donors (Lipinski definition) is 3. The summed E-state index contributed by atoms with van der Waals surface area (Å²) < 4.78 is 0. The first-order chi connectivity index (χ1) is 16.1. The molecule has 0 aliphatic carbocycles. The Morgan fingerprint density at radius 1 is 0.394 bits per heavy atom. The van der Waals surface area contributed by atoms with Gasteiger partial charge in [0.05, 0.1) is 0 Å². The molecule has 0 radical (unpaired) electrons. The van der Waals surface area contributed by atoms with Crippen molar-refractivity contribution >= 4 is 32.3 Å². The number of rotatable bonds is 2. The molecule has 0 aliphatic rings. The van der Waals surface area contributed by atoms with Crippen LogP contribution in [0.3, 0.4) is 0 Å². The molecule has 3 heteroatoms. The standard InChI is InChI=1S/C30H20O3/c31-19-14-13-18-5-1-6-22(27(18)17-19)23-15-16-26(30-25(23)10-4-12-29(30)33)21-7-2-9-24-20(21)8-3-11-28(24)32/h1-17,31-33H. The molecule has 0 aromatic heterocycles. The van der Waals surface area contributed by atoms with Gasteiger partial charge in [-0.2, -0.15) is 0 Å². The summed E-state index contributed by atoms with van der Waals surface area (Å²) in [7, 11) is 0. The largest absolute Gasteiger partial charge is 0.508 e. The molecule has 158 valence electrons. The smallest absolute Gasteiger partial charge is 0.124 e. The van der Waals surface area contributed by atoms with Crippen molar-refractivity contribution in [1.29, 1.82) is 0 Å². The monoisotopic (exact) mass is 428 g/mol. The Morgan fingerprint density at radius 2 is 1.00 bits per heavy atom. The highest BCUT2D eigenvalue weighted by molar-refractivity contribution is 6.14. The zero-order valence-electron chi connectivity index (χ0n) is 17.7. The third-order valence-corrected chi connectivity index (χ3v) is 6.36. The number of hydrogen-bond acceptors (Lipinski definition) is 3. The van der Waals surface area contributed by atoms with Crippen LogP contribution >= 0.6 is 0 Å². The maximum atomic E-state index is 11.0. The van der Waals surface area contributed by atoms with Crippen molar-refractivity contribution in [3.63, 3.8) is 0 Å². The Labute approximate surface area is 190 Å². The fourth-order valence-corrected chi connectivity index (χ4v) is 4.87. The normalized spacial score (nSPS) is 11.4. The summed E-state index contributed by atoms with van der Waals surface area (Å²) >= 11 is 0. The van der Waals surface area contributed by atoms with Crippen molar-refractivity contribution in [2.45, 2.75) is 0 Å². The first-order valence-electron chi connectivity index (χ1n) is 10.8. The fraction of sp³-hybridized carbons (Fsp3) is 0. The molecule has 0 saturated carbocycles. The minimum Gasteiger partial charge on any atom is -0.508 e. The van der Waals surface area contributed by atoms with Crippen LogP contribution in [0.2, 0.25) is 0 Å². The molecule has 0 amide bonds. The number of benzene rings is 6. The van der Waals surface area contributed by atoms with Crippen LogP contribution in [0.25, 0.3) is 54.6 Å². The predicted molar refractivity (Wildman–Crippen MR) is 135 cm³/mol. The van der Waals surface area contributed by atoms with E-state index in [1.54, 1.807) is 24.3 Å². The lowest BCUT2D eigenvalue weighted by Crippen LogP contribution is -1.89. The van der Waals surface area contributed by atoms with E-state index in [4.69, 9.17) is 0 Å². The SMILES string of the molecule is Oc1ccc2cccc(-c3ccc(-c4cccc5c(O)cccc45)c4c(O)cccc34)c2c1.